The van der Waals surface area contributed by atoms with Crippen LogP contribution in [0.5, 0.6) is 0 Å². The van der Waals surface area contributed by atoms with Crippen molar-refractivity contribution in [1.29, 1.82) is 0 Å². The van der Waals surface area contributed by atoms with Crippen molar-refractivity contribution in [3.05, 3.63) is 22.4 Å². The molecule has 1 aliphatic heterocycles. The Morgan fingerprint density at radius 2 is 1.94 bits per heavy atom. The summed E-state index contributed by atoms with van der Waals surface area (Å²) < 4.78 is 14.1. The molecule has 2 N–H and O–H groups in total. The van der Waals surface area contributed by atoms with Crippen LogP contribution in [-0.2, 0) is 0 Å². The highest BCUT2D eigenvalue weighted by Gasteiger charge is 2.19. The summed E-state index contributed by atoms with van der Waals surface area (Å²) in [7, 11) is 0. The lowest BCUT2D eigenvalue weighted by molar-refractivity contribution is 0.271. The molecule has 1 aliphatic rings. The lowest BCUT2D eigenvalue weighted by atomic mass is 10.2. The molecule has 1 aromatic carbocycles. The minimum Gasteiger partial charge on any atom is -0.399 e. The maximum Gasteiger partial charge on any atom is 0.141 e. The third-order valence-electron chi connectivity index (χ3n) is 3.19. The highest BCUT2D eigenvalue weighted by atomic mass is 79.9. The molecular formula is C12H17BrFN3. The molecule has 3 nitrogen and oxygen atoms in total. The first-order valence-electron chi connectivity index (χ1n) is 5.83. The molecule has 2 rings (SSSR count). The SMILES string of the molecule is CCN1CCN(c2cc(N)cc(F)c2Br)CC1. The summed E-state index contributed by atoms with van der Waals surface area (Å²) >= 11 is 3.30. The Kier molecular flexibility index (Phi) is 3.89. The maximum absolute atomic E-state index is 13.6. The first kappa shape index (κ1) is 12.6. The van der Waals surface area contributed by atoms with Gasteiger partial charge in [0.25, 0.3) is 0 Å². The predicted molar refractivity (Wildman–Crippen MR) is 72.8 cm³/mol. The van der Waals surface area contributed by atoms with Crippen LogP contribution in [0.25, 0.3) is 0 Å². The van der Waals surface area contributed by atoms with Crippen molar-refractivity contribution in [2.45, 2.75) is 6.92 Å². The lowest BCUT2D eigenvalue weighted by Gasteiger charge is -2.36. The van der Waals surface area contributed by atoms with Crippen molar-refractivity contribution in [3.8, 4) is 0 Å². The number of hydrogen-bond donors (Lipinski definition) is 1. The summed E-state index contributed by atoms with van der Waals surface area (Å²) in [6.45, 7) is 7.08. The van der Waals surface area contributed by atoms with Crippen molar-refractivity contribution >= 4 is 27.3 Å². The van der Waals surface area contributed by atoms with Gasteiger partial charge in [0.1, 0.15) is 5.82 Å². The number of rotatable bonds is 2. The van der Waals surface area contributed by atoms with Gasteiger partial charge < -0.3 is 15.5 Å². The molecule has 0 unspecified atom stereocenters. The second kappa shape index (κ2) is 5.23. The molecule has 0 radical (unpaired) electrons. The maximum atomic E-state index is 13.6. The molecular weight excluding hydrogens is 285 g/mol. The highest BCUT2D eigenvalue weighted by molar-refractivity contribution is 9.10. The van der Waals surface area contributed by atoms with Crippen molar-refractivity contribution in [2.24, 2.45) is 0 Å². The quantitative estimate of drug-likeness (QED) is 0.851. The van der Waals surface area contributed by atoms with Gasteiger partial charge in [-0.3, -0.25) is 0 Å². The van der Waals surface area contributed by atoms with Crippen LogP contribution in [0.4, 0.5) is 15.8 Å². The Bertz CT molecular complexity index is 403. The number of anilines is 2. The largest absolute Gasteiger partial charge is 0.399 e. The second-order valence-electron chi connectivity index (χ2n) is 4.26. The second-order valence-corrected chi connectivity index (χ2v) is 5.05. The van der Waals surface area contributed by atoms with E-state index in [4.69, 9.17) is 5.73 Å². The smallest absolute Gasteiger partial charge is 0.141 e. The van der Waals surface area contributed by atoms with Crippen LogP contribution in [0.3, 0.4) is 0 Å². The lowest BCUT2D eigenvalue weighted by Crippen LogP contribution is -2.46. The first-order valence-corrected chi connectivity index (χ1v) is 6.63. The van der Waals surface area contributed by atoms with E-state index in [2.05, 4.69) is 32.7 Å². The van der Waals surface area contributed by atoms with Crippen molar-refractivity contribution in [1.82, 2.24) is 4.90 Å². The zero-order valence-corrected chi connectivity index (χ0v) is 11.5. The number of nitrogen functional groups attached to an aromatic ring is 1. The van der Waals surface area contributed by atoms with Gasteiger partial charge in [-0.15, -0.1) is 0 Å². The van der Waals surface area contributed by atoms with Crippen LogP contribution in [-0.4, -0.2) is 37.6 Å². The van der Waals surface area contributed by atoms with E-state index in [1.807, 2.05) is 6.07 Å². The molecule has 1 heterocycles. The van der Waals surface area contributed by atoms with Crippen molar-refractivity contribution in [3.63, 3.8) is 0 Å². The van der Waals surface area contributed by atoms with E-state index >= 15 is 0 Å². The number of benzene rings is 1. The number of nitrogens with zero attached hydrogens (tertiary/aromatic N) is 2. The van der Waals surface area contributed by atoms with Gasteiger partial charge in [0.2, 0.25) is 0 Å². The Morgan fingerprint density at radius 1 is 1.29 bits per heavy atom. The van der Waals surface area contributed by atoms with Crippen molar-refractivity contribution < 1.29 is 4.39 Å². The number of piperazine rings is 1. The van der Waals surface area contributed by atoms with Gasteiger partial charge >= 0.3 is 0 Å². The molecule has 0 bridgehead atoms. The minimum absolute atomic E-state index is 0.294. The molecule has 1 saturated heterocycles. The van der Waals surface area contributed by atoms with Gasteiger partial charge in [0.15, 0.2) is 0 Å². The van der Waals surface area contributed by atoms with E-state index < -0.39 is 0 Å². The topological polar surface area (TPSA) is 32.5 Å². The van der Waals surface area contributed by atoms with E-state index in [0.29, 0.717) is 10.2 Å². The molecule has 0 amide bonds. The summed E-state index contributed by atoms with van der Waals surface area (Å²) in [4.78, 5) is 4.56. The third kappa shape index (κ3) is 2.72. The van der Waals surface area contributed by atoms with Gasteiger partial charge in [-0.05, 0) is 34.6 Å². The third-order valence-corrected chi connectivity index (χ3v) is 3.98. The monoisotopic (exact) mass is 301 g/mol. The van der Waals surface area contributed by atoms with Crippen LogP contribution < -0.4 is 10.6 Å². The van der Waals surface area contributed by atoms with Gasteiger partial charge in [-0.1, -0.05) is 6.92 Å². The number of halogens is 2. The van der Waals surface area contributed by atoms with E-state index in [0.717, 1.165) is 38.4 Å². The Morgan fingerprint density at radius 3 is 2.53 bits per heavy atom. The predicted octanol–water partition coefficient (Wildman–Crippen LogP) is 2.31. The molecule has 17 heavy (non-hydrogen) atoms. The summed E-state index contributed by atoms with van der Waals surface area (Å²) in [6.07, 6.45) is 0. The van der Waals surface area contributed by atoms with Gasteiger partial charge in [0.05, 0.1) is 10.2 Å². The van der Waals surface area contributed by atoms with Gasteiger partial charge in [-0.25, -0.2) is 4.39 Å². The molecule has 0 saturated carbocycles. The zero-order chi connectivity index (χ0) is 12.4. The summed E-state index contributed by atoms with van der Waals surface area (Å²) in [5.41, 5.74) is 7.02. The summed E-state index contributed by atoms with van der Waals surface area (Å²) in [6, 6.07) is 3.17. The van der Waals surface area contributed by atoms with Crippen LogP contribution >= 0.6 is 15.9 Å². The molecule has 0 atom stereocenters. The van der Waals surface area contributed by atoms with E-state index in [1.54, 1.807) is 0 Å². The first-order chi connectivity index (χ1) is 8.11. The van der Waals surface area contributed by atoms with Gasteiger partial charge in [0, 0.05) is 31.9 Å². The van der Waals surface area contributed by atoms with Gasteiger partial charge in [-0.2, -0.15) is 0 Å². The van der Waals surface area contributed by atoms with E-state index in [9.17, 15) is 4.39 Å². The van der Waals surface area contributed by atoms with E-state index in [-0.39, 0.29) is 5.82 Å². The fraction of sp³-hybridized carbons (Fsp3) is 0.500. The van der Waals surface area contributed by atoms with E-state index in [1.165, 1.54) is 6.07 Å². The Labute approximate surface area is 110 Å². The van der Waals surface area contributed by atoms with Crippen LogP contribution in [0.15, 0.2) is 16.6 Å². The average Bonchev–Trinajstić information content (AvgIpc) is 2.34. The zero-order valence-electron chi connectivity index (χ0n) is 9.92. The van der Waals surface area contributed by atoms with Crippen molar-refractivity contribution in [2.75, 3.05) is 43.4 Å². The fourth-order valence-corrected chi connectivity index (χ4v) is 2.61. The Hall–Kier alpha value is -0.810. The summed E-state index contributed by atoms with van der Waals surface area (Å²) in [5, 5.41) is 0. The van der Waals surface area contributed by atoms with Crippen LogP contribution in [0, 0.1) is 5.82 Å². The van der Waals surface area contributed by atoms with Crippen LogP contribution in [0.1, 0.15) is 6.92 Å². The number of nitrogens with two attached hydrogens (primary N) is 1. The molecule has 5 heteroatoms. The Balaban J connectivity index is 2.18. The summed E-state index contributed by atoms with van der Waals surface area (Å²) in [5.74, 6) is -0.294. The average molecular weight is 302 g/mol. The molecule has 0 spiro atoms. The molecule has 0 aliphatic carbocycles. The normalized spacial score (nSPS) is 17.5. The fourth-order valence-electron chi connectivity index (χ4n) is 2.13. The highest BCUT2D eigenvalue weighted by Crippen LogP contribution is 2.31. The number of likely N-dealkylation sites (N-methyl/N-ethyl adjacent to an activating group) is 1. The molecule has 1 aromatic rings. The molecule has 94 valence electrons. The molecule has 0 aromatic heterocycles. The molecule has 1 fully saturated rings. The standard InChI is InChI=1S/C12H17BrFN3/c1-2-16-3-5-17(6-4-16)11-8-9(15)7-10(14)12(11)13/h7-8H,2-6,15H2,1H3. The minimum atomic E-state index is -0.294. The number of hydrogen-bond acceptors (Lipinski definition) is 3. The van der Waals surface area contributed by atoms with Crippen LogP contribution in [0.2, 0.25) is 0 Å².